The highest BCUT2D eigenvalue weighted by Gasteiger charge is 2.23. The SMILES string of the molecule is COCCN(CC(=O)N(Cc1ccc2c(c1)OCO2)Cc1cccs1)C(=O)Nc1ccc(Cl)cc1Cl. The Morgan fingerprint density at radius 3 is 2.64 bits per heavy atom. The number of carbonyl (C=O) groups excluding carboxylic acids is 2. The topological polar surface area (TPSA) is 80.3 Å². The molecule has 1 aromatic heterocycles. The summed E-state index contributed by atoms with van der Waals surface area (Å²) in [5.74, 6) is 1.12. The average molecular weight is 550 g/mol. The zero-order chi connectivity index (χ0) is 25.5. The van der Waals surface area contributed by atoms with Crippen LogP contribution >= 0.6 is 34.5 Å². The molecular formula is C25H25Cl2N3O5S. The van der Waals surface area contributed by atoms with Crippen molar-refractivity contribution >= 4 is 52.2 Å². The first-order valence-electron chi connectivity index (χ1n) is 11.1. The number of hydrogen-bond acceptors (Lipinski definition) is 6. The molecule has 0 unspecified atom stereocenters. The molecule has 11 heteroatoms. The molecule has 0 saturated carbocycles. The molecule has 0 bridgehead atoms. The van der Waals surface area contributed by atoms with Crippen molar-refractivity contribution < 1.29 is 23.8 Å². The third-order valence-electron chi connectivity index (χ3n) is 5.44. The largest absolute Gasteiger partial charge is 0.454 e. The van der Waals surface area contributed by atoms with Crippen LogP contribution in [0, 0.1) is 0 Å². The number of benzene rings is 2. The van der Waals surface area contributed by atoms with Crippen molar-refractivity contribution in [2.75, 3.05) is 38.9 Å². The van der Waals surface area contributed by atoms with Crippen molar-refractivity contribution in [1.82, 2.24) is 9.80 Å². The van der Waals surface area contributed by atoms with Gasteiger partial charge in [-0.05, 0) is 47.3 Å². The van der Waals surface area contributed by atoms with Crippen LogP contribution in [0.15, 0.2) is 53.9 Å². The molecule has 1 N–H and O–H groups in total. The predicted molar refractivity (Wildman–Crippen MR) is 140 cm³/mol. The van der Waals surface area contributed by atoms with Crippen molar-refractivity contribution in [3.8, 4) is 11.5 Å². The second-order valence-electron chi connectivity index (χ2n) is 7.99. The standard InChI is InChI=1S/C25H25Cl2N3O5S/c1-33-9-8-29(25(32)28-21-6-5-18(26)12-20(21)27)15-24(31)30(14-19-3-2-10-36-19)13-17-4-7-22-23(11-17)35-16-34-22/h2-7,10-12H,8-9,13-16H2,1H3,(H,28,32). The highest BCUT2D eigenvalue weighted by molar-refractivity contribution is 7.09. The Bertz CT molecular complexity index is 1210. The molecule has 8 nitrogen and oxygen atoms in total. The van der Waals surface area contributed by atoms with Gasteiger partial charge in [0.1, 0.15) is 6.54 Å². The van der Waals surface area contributed by atoms with E-state index in [4.69, 9.17) is 37.4 Å². The number of thiophene rings is 1. The van der Waals surface area contributed by atoms with Crippen LogP contribution in [0.3, 0.4) is 0 Å². The van der Waals surface area contributed by atoms with Gasteiger partial charge in [-0.25, -0.2) is 4.79 Å². The second-order valence-corrected chi connectivity index (χ2v) is 9.86. The number of nitrogens with zero attached hydrogens (tertiary/aromatic N) is 2. The smallest absolute Gasteiger partial charge is 0.322 e. The van der Waals surface area contributed by atoms with Crippen LogP contribution in [0.25, 0.3) is 0 Å². The Kier molecular flexibility index (Phi) is 8.93. The molecule has 0 spiro atoms. The van der Waals surface area contributed by atoms with Crippen LogP contribution in [0.2, 0.25) is 10.0 Å². The van der Waals surface area contributed by atoms with E-state index in [0.717, 1.165) is 10.4 Å². The van der Waals surface area contributed by atoms with Crippen LogP contribution in [-0.4, -0.2) is 55.3 Å². The summed E-state index contributed by atoms with van der Waals surface area (Å²) in [5, 5.41) is 5.48. The number of nitrogens with one attached hydrogen (secondary N) is 1. The van der Waals surface area contributed by atoms with E-state index in [2.05, 4.69) is 5.32 Å². The maximum absolute atomic E-state index is 13.5. The maximum atomic E-state index is 13.5. The van der Waals surface area contributed by atoms with Crippen molar-refractivity contribution in [3.05, 3.63) is 74.4 Å². The monoisotopic (exact) mass is 549 g/mol. The van der Waals surface area contributed by atoms with E-state index >= 15 is 0 Å². The molecule has 0 aliphatic carbocycles. The molecule has 0 radical (unpaired) electrons. The van der Waals surface area contributed by atoms with Gasteiger partial charge < -0.3 is 29.3 Å². The Hall–Kier alpha value is -2.98. The molecule has 0 fully saturated rings. The van der Waals surface area contributed by atoms with Gasteiger partial charge in [-0.2, -0.15) is 0 Å². The summed E-state index contributed by atoms with van der Waals surface area (Å²) in [4.78, 5) is 30.8. The van der Waals surface area contributed by atoms with E-state index in [1.807, 2.05) is 35.7 Å². The highest BCUT2D eigenvalue weighted by Crippen LogP contribution is 2.33. The number of hydrogen-bond donors (Lipinski definition) is 1. The number of ether oxygens (including phenoxy) is 3. The van der Waals surface area contributed by atoms with Gasteiger partial charge in [0.2, 0.25) is 12.7 Å². The minimum absolute atomic E-state index is 0.143. The first-order valence-corrected chi connectivity index (χ1v) is 12.7. The third-order valence-corrected chi connectivity index (χ3v) is 6.85. The summed E-state index contributed by atoms with van der Waals surface area (Å²) >= 11 is 13.7. The molecule has 0 atom stereocenters. The number of fused-ring (bicyclic) bond motifs is 1. The molecule has 1 aliphatic heterocycles. The van der Waals surface area contributed by atoms with E-state index in [9.17, 15) is 9.59 Å². The normalized spacial score (nSPS) is 11.9. The predicted octanol–water partition coefficient (Wildman–Crippen LogP) is 5.49. The number of urea groups is 1. The van der Waals surface area contributed by atoms with Crippen molar-refractivity contribution in [3.63, 3.8) is 0 Å². The summed E-state index contributed by atoms with van der Waals surface area (Å²) in [6.07, 6.45) is 0. The number of amides is 3. The summed E-state index contributed by atoms with van der Waals surface area (Å²) in [6.45, 7) is 1.27. The Balaban J connectivity index is 1.50. The average Bonchev–Trinajstić information content (AvgIpc) is 3.54. The lowest BCUT2D eigenvalue weighted by Crippen LogP contribution is -2.45. The molecule has 3 amide bonds. The van der Waals surface area contributed by atoms with Crippen LogP contribution in [0.4, 0.5) is 10.5 Å². The fourth-order valence-electron chi connectivity index (χ4n) is 3.58. The van der Waals surface area contributed by atoms with Gasteiger partial charge >= 0.3 is 6.03 Å². The van der Waals surface area contributed by atoms with Crippen LogP contribution in [-0.2, 0) is 22.6 Å². The van der Waals surface area contributed by atoms with E-state index in [1.54, 1.807) is 28.4 Å². The number of methoxy groups -OCH3 is 1. The number of carbonyl (C=O) groups is 2. The number of rotatable bonds is 10. The molecule has 36 heavy (non-hydrogen) atoms. The zero-order valence-corrected chi connectivity index (χ0v) is 21.9. The fraction of sp³-hybridized carbons (Fsp3) is 0.280. The maximum Gasteiger partial charge on any atom is 0.322 e. The highest BCUT2D eigenvalue weighted by atomic mass is 35.5. The Labute approximate surface area is 223 Å². The molecule has 0 saturated heterocycles. The molecular weight excluding hydrogens is 525 g/mol. The quantitative estimate of drug-likeness (QED) is 0.361. The summed E-state index contributed by atoms with van der Waals surface area (Å²) in [6, 6.07) is 13.8. The Morgan fingerprint density at radius 1 is 1.06 bits per heavy atom. The van der Waals surface area contributed by atoms with Gasteiger partial charge in [-0.15, -0.1) is 11.3 Å². The Morgan fingerprint density at radius 2 is 1.89 bits per heavy atom. The molecule has 1 aliphatic rings. The zero-order valence-electron chi connectivity index (χ0n) is 19.5. The minimum atomic E-state index is -0.469. The molecule has 2 aromatic carbocycles. The summed E-state index contributed by atoms with van der Waals surface area (Å²) in [7, 11) is 1.54. The van der Waals surface area contributed by atoms with Crippen LogP contribution in [0.1, 0.15) is 10.4 Å². The van der Waals surface area contributed by atoms with Crippen LogP contribution < -0.4 is 14.8 Å². The van der Waals surface area contributed by atoms with Gasteiger partial charge in [0.15, 0.2) is 11.5 Å². The molecule has 190 valence electrons. The lowest BCUT2D eigenvalue weighted by atomic mass is 10.2. The van der Waals surface area contributed by atoms with Crippen LogP contribution in [0.5, 0.6) is 11.5 Å². The van der Waals surface area contributed by atoms with Crippen molar-refractivity contribution in [2.24, 2.45) is 0 Å². The van der Waals surface area contributed by atoms with Crippen molar-refractivity contribution in [1.29, 1.82) is 0 Å². The lowest BCUT2D eigenvalue weighted by molar-refractivity contribution is -0.133. The second kappa shape index (κ2) is 12.3. The van der Waals surface area contributed by atoms with Gasteiger partial charge in [0, 0.05) is 30.1 Å². The third kappa shape index (κ3) is 6.82. The van der Waals surface area contributed by atoms with E-state index < -0.39 is 6.03 Å². The summed E-state index contributed by atoms with van der Waals surface area (Å²) in [5.41, 5.74) is 1.29. The first-order chi connectivity index (χ1) is 17.4. The van der Waals surface area contributed by atoms with Gasteiger partial charge in [0.05, 0.1) is 23.9 Å². The molecule has 4 rings (SSSR count). The minimum Gasteiger partial charge on any atom is -0.454 e. The summed E-state index contributed by atoms with van der Waals surface area (Å²) < 4.78 is 16.0. The van der Waals surface area contributed by atoms with E-state index in [0.29, 0.717) is 40.3 Å². The van der Waals surface area contributed by atoms with Crippen molar-refractivity contribution in [2.45, 2.75) is 13.1 Å². The fourth-order valence-corrected chi connectivity index (χ4v) is 4.76. The van der Waals surface area contributed by atoms with Gasteiger partial charge in [0.25, 0.3) is 0 Å². The lowest BCUT2D eigenvalue weighted by Gasteiger charge is -2.28. The first kappa shape index (κ1) is 26.1. The molecule has 3 aromatic rings. The number of halogens is 2. The number of anilines is 1. The van der Waals surface area contributed by atoms with E-state index in [1.165, 1.54) is 18.1 Å². The van der Waals surface area contributed by atoms with Gasteiger partial charge in [-0.3, -0.25) is 4.79 Å². The molecule has 2 heterocycles. The van der Waals surface area contributed by atoms with Gasteiger partial charge in [-0.1, -0.05) is 35.3 Å². The van der Waals surface area contributed by atoms with E-state index in [-0.39, 0.29) is 32.4 Å².